The summed E-state index contributed by atoms with van der Waals surface area (Å²) < 4.78 is 13.1. The highest BCUT2D eigenvalue weighted by Crippen LogP contribution is 2.33. The number of aromatic nitrogens is 4. The monoisotopic (exact) mass is 448 g/mol. The predicted octanol–water partition coefficient (Wildman–Crippen LogP) is 3.51. The molecular weight excluding hydrogens is 419 g/mol. The molecule has 2 aromatic heterocycles. The summed E-state index contributed by atoms with van der Waals surface area (Å²) in [5, 5.41) is 7.44. The number of nitrogens with zero attached hydrogens (tertiary/aromatic N) is 5. The third kappa shape index (κ3) is 5.11. The highest BCUT2D eigenvalue weighted by Gasteiger charge is 2.37. The fourth-order valence-electron chi connectivity index (χ4n) is 4.93. The Bertz CT molecular complexity index is 1060. The van der Waals surface area contributed by atoms with Crippen LogP contribution in [-0.2, 0) is 17.8 Å². The van der Waals surface area contributed by atoms with Crippen molar-refractivity contribution >= 4 is 5.91 Å². The van der Waals surface area contributed by atoms with Crippen LogP contribution < -0.4 is 0 Å². The van der Waals surface area contributed by atoms with Gasteiger partial charge in [0.25, 0.3) is 0 Å². The second kappa shape index (κ2) is 9.79. The third-order valence-corrected chi connectivity index (χ3v) is 6.72. The van der Waals surface area contributed by atoms with Crippen molar-refractivity contribution < 1.29 is 9.18 Å². The number of benzene rings is 1. The lowest BCUT2D eigenvalue weighted by molar-refractivity contribution is -0.138. The van der Waals surface area contributed by atoms with Crippen molar-refractivity contribution in [2.45, 2.75) is 44.7 Å². The Labute approximate surface area is 193 Å². The maximum absolute atomic E-state index is 13.4. The van der Waals surface area contributed by atoms with Gasteiger partial charge in [0.1, 0.15) is 11.6 Å². The van der Waals surface area contributed by atoms with Crippen molar-refractivity contribution in [3.63, 3.8) is 0 Å². The van der Waals surface area contributed by atoms with Gasteiger partial charge in [-0.2, -0.15) is 5.10 Å². The highest BCUT2D eigenvalue weighted by atomic mass is 19.1. The molecule has 1 amide bonds. The number of amides is 1. The number of hydrogen-bond acceptors (Lipinski definition) is 5. The van der Waals surface area contributed by atoms with Crippen molar-refractivity contribution in [3.05, 3.63) is 77.4 Å². The number of piperidine rings is 1. The molecule has 7 nitrogen and oxygen atoms in total. The van der Waals surface area contributed by atoms with Gasteiger partial charge in [0.05, 0.1) is 11.7 Å². The van der Waals surface area contributed by atoms with Crippen LogP contribution in [0.1, 0.15) is 54.6 Å². The molecule has 0 saturated carbocycles. The summed E-state index contributed by atoms with van der Waals surface area (Å²) in [6, 6.07) is 12.3. The largest absolute Gasteiger partial charge is 0.332 e. The van der Waals surface area contributed by atoms with Crippen molar-refractivity contribution in [3.8, 4) is 0 Å². The molecule has 1 N–H and O–H groups in total. The summed E-state index contributed by atoms with van der Waals surface area (Å²) in [6.07, 6.45) is 5.99. The first-order chi connectivity index (χ1) is 16.2. The lowest BCUT2D eigenvalue weighted by Gasteiger charge is -2.34. The van der Waals surface area contributed by atoms with Crippen LogP contribution in [0, 0.1) is 11.7 Å². The molecule has 4 heterocycles. The molecular formula is C25H29FN6O. The molecule has 2 saturated heterocycles. The summed E-state index contributed by atoms with van der Waals surface area (Å²) in [5.74, 6) is 1.46. The molecule has 5 rings (SSSR count). The van der Waals surface area contributed by atoms with Gasteiger partial charge < -0.3 is 4.90 Å². The highest BCUT2D eigenvalue weighted by molar-refractivity contribution is 5.79. The van der Waals surface area contributed by atoms with Crippen LogP contribution in [0.4, 0.5) is 4.39 Å². The van der Waals surface area contributed by atoms with Crippen LogP contribution in [0.25, 0.3) is 0 Å². The molecule has 33 heavy (non-hydrogen) atoms. The Hall–Kier alpha value is -3.13. The summed E-state index contributed by atoms with van der Waals surface area (Å²) >= 11 is 0. The lowest BCUT2D eigenvalue weighted by Crippen LogP contribution is -2.42. The molecule has 1 aromatic carbocycles. The van der Waals surface area contributed by atoms with Crippen LogP contribution in [0.2, 0.25) is 0 Å². The van der Waals surface area contributed by atoms with Gasteiger partial charge in [-0.3, -0.25) is 19.8 Å². The smallest absolute Gasteiger partial charge is 0.226 e. The SMILES string of the molecule is O=C(C1CCN(Cc2ccccn2)CC1)N1CCC[C@@H]1c1n[nH]c(Cc2ccc(F)cc2)n1. The van der Waals surface area contributed by atoms with Crippen LogP contribution in [0.3, 0.4) is 0 Å². The van der Waals surface area contributed by atoms with E-state index in [1.807, 2.05) is 29.3 Å². The zero-order valence-corrected chi connectivity index (χ0v) is 18.7. The van der Waals surface area contributed by atoms with Gasteiger partial charge in [-0.05, 0) is 68.6 Å². The minimum Gasteiger partial charge on any atom is -0.332 e. The molecule has 172 valence electrons. The number of carbonyl (C=O) groups is 1. The predicted molar refractivity (Wildman–Crippen MR) is 122 cm³/mol. The van der Waals surface area contributed by atoms with Crippen LogP contribution >= 0.6 is 0 Å². The van der Waals surface area contributed by atoms with Gasteiger partial charge in [0, 0.05) is 31.6 Å². The Morgan fingerprint density at radius 2 is 1.88 bits per heavy atom. The van der Waals surface area contributed by atoms with Crippen LogP contribution in [0.15, 0.2) is 48.7 Å². The first kappa shape index (κ1) is 21.7. The van der Waals surface area contributed by atoms with Crippen molar-refractivity contribution in [1.82, 2.24) is 30.0 Å². The molecule has 0 radical (unpaired) electrons. The number of halogens is 1. The van der Waals surface area contributed by atoms with E-state index >= 15 is 0 Å². The molecule has 1 atom stereocenters. The van der Waals surface area contributed by atoms with Gasteiger partial charge in [-0.1, -0.05) is 18.2 Å². The third-order valence-electron chi connectivity index (χ3n) is 6.72. The lowest BCUT2D eigenvalue weighted by atomic mass is 9.94. The van der Waals surface area contributed by atoms with Gasteiger partial charge in [-0.15, -0.1) is 0 Å². The van der Waals surface area contributed by atoms with Crippen LogP contribution in [0.5, 0.6) is 0 Å². The topological polar surface area (TPSA) is 78.0 Å². The molecule has 0 bridgehead atoms. The molecule has 0 aliphatic carbocycles. The summed E-state index contributed by atoms with van der Waals surface area (Å²) in [6.45, 7) is 3.42. The number of likely N-dealkylation sites (tertiary alicyclic amines) is 2. The van der Waals surface area contributed by atoms with Gasteiger partial charge in [0.15, 0.2) is 5.82 Å². The second-order valence-corrected chi connectivity index (χ2v) is 9.00. The van der Waals surface area contributed by atoms with E-state index in [2.05, 4.69) is 25.1 Å². The standard InChI is InChI=1S/C25H29FN6O/c26-20-8-6-18(7-9-20)16-23-28-24(30-29-23)22-5-3-13-32(22)25(33)19-10-14-31(15-11-19)17-21-4-1-2-12-27-21/h1-2,4,6-9,12,19,22H,3,5,10-11,13-17H2,(H,28,29,30)/t22-/m1/s1. The van der Waals surface area contributed by atoms with E-state index in [0.29, 0.717) is 12.2 Å². The van der Waals surface area contributed by atoms with Crippen LogP contribution in [-0.4, -0.2) is 55.5 Å². The van der Waals surface area contributed by atoms with E-state index in [9.17, 15) is 9.18 Å². The Morgan fingerprint density at radius 1 is 1.06 bits per heavy atom. The van der Waals surface area contributed by atoms with Crippen molar-refractivity contribution in [1.29, 1.82) is 0 Å². The average molecular weight is 449 g/mol. The number of carbonyl (C=O) groups excluding carboxylic acids is 1. The molecule has 2 aliphatic rings. The Kier molecular flexibility index (Phi) is 6.44. The Balaban J connectivity index is 1.18. The molecule has 0 spiro atoms. The minimum absolute atomic E-state index is 0.0585. The normalized spacial score (nSPS) is 19.8. The Morgan fingerprint density at radius 3 is 2.64 bits per heavy atom. The average Bonchev–Trinajstić information content (AvgIpc) is 3.51. The van der Waals surface area contributed by atoms with Gasteiger partial charge in [0.2, 0.25) is 5.91 Å². The van der Waals surface area contributed by atoms with E-state index in [1.165, 1.54) is 12.1 Å². The van der Waals surface area contributed by atoms with E-state index in [4.69, 9.17) is 0 Å². The van der Waals surface area contributed by atoms with E-state index in [-0.39, 0.29) is 23.7 Å². The van der Waals surface area contributed by atoms with E-state index in [1.54, 1.807) is 12.1 Å². The van der Waals surface area contributed by atoms with Crippen molar-refractivity contribution in [2.24, 2.45) is 5.92 Å². The first-order valence-corrected chi connectivity index (χ1v) is 11.7. The van der Waals surface area contributed by atoms with E-state index in [0.717, 1.165) is 68.9 Å². The maximum Gasteiger partial charge on any atom is 0.226 e. The van der Waals surface area contributed by atoms with Gasteiger partial charge in [-0.25, -0.2) is 9.37 Å². The second-order valence-electron chi connectivity index (χ2n) is 9.00. The molecule has 3 aromatic rings. The number of rotatable bonds is 6. The summed E-state index contributed by atoms with van der Waals surface area (Å²) in [4.78, 5) is 26.8. The minimum atomic E-state index is -0.250. The molecule has 2 aliphatic heterocycles. The fraction of sp³-hybridized carbons (Fsp3) is 0.440. The van der Waals surface area contributed by atoms with E-state index < -0.39 is 0 Å². The number of hydrogen-bond donors (Lipinski definition) is 1. The number of aromatic amines is 1. The maximum atomic E-state index is 13.4. The quantitative estimate of drug-likeness (QED) is 0.625. The number of H-pyrrole nitrogens is 1. The van der Waals surface area contributed by atoms with Crippen molar-refractivity contribution in [2.75, 3.05) is 19.6 Å². The van der Waals surface area contributed by atoms with Gasteiger partial charge >= 0.3 is 0 Å². The fourth-order valence-corrected chi connectivity index (χ4v) is 4.93. The molecule has 0 unspecified atom stereocenters. The summed E-state index contributed by atoms with van der Waals surface area (Å²) in [7, 11) is 0. The summed E-state index contributed by atoms with van der Waals surface area (Å²) in [5.41, 5.74) is 2.04. The molecule has 2 fully saturated rings. The number of nitrogens with one attached hydrogen (secondary N) is 1. The zero-order valence-electron chi connectivity index (χ0n) is 18.7. The molecule has 8 heteroatoms. The first-order valence-electron chi connectivity index (χ1n) is 11.7. The zero-order chi connectivity index (χ0) is 22.6. The number of pyridine rings is 1.